The largest absolute Gasteiger partial charge is 0.374 e. The van der Waals surface area contributed by atoms with E-state index in [1.807, 2.05) is 38.1 Å². The zero-order valence-electron chi connectivity index (χ0n) is 11.7. The van der Waals surface area contributed by atoms with Crippen molar-refractivity contribution in [3.05, 3.63) is 36.3 Å². The zero-order valence-corrected chi connectivity index (χ0v) is 12.5. The molecule has 5 nitrogen and oxygen atoms in total. The normalized spacial score (nSPS) is 10.5. The van der Waals surface area contributed by atoms with Crippen LogP contribution in [0.15, 0.2) is 40.5 Å². The molecule has 0 aliphatic heterocycles. The molecule has 0 spiro atoms. The minimum absolute atomic E-state index is 0.422. The van der Waals surface area contributed by atoms with Crippen molar-refractivity contribution in [1.29, 1.82) is 0 Å². The monoisotopic (exact) mass is 290 g/mol. The maximum Gasteiger partial charge on any atom is 0.157 e. The topological polar surface area (TPSA) is 59.9 Å². The molecule has 2 heterocycles. The van der Waals surface area contributed by atoms with Crippen LogP contribution < -0.4 is 5.32 Å². The van der Waals surface area contributed by atoms with Gasteiger partial charge in [-0.25, -0.2) is 15.0 Å². The first-order valence-corrected chi connectivity index (χ1v) is 7.42. The summed E-state index contributed by atoms with van der Waals surface area (Å²) in [5.74, 6) is 1.50. The lowest BCUT2D eigenvalue weighted by Crippen LogP contribution is -2.05. The lowest BCUT2D eigenvalue weighted by molar-refractivity contribution is 0.128. The van der Waals surface area contributed by atoms with Gasteiger partial charge in [-0.1, -0.05) is 6.07 Å². The molecule has 0 fully saturated rings. The average molecular weight is 290 g/mol. The molecule has 0 atom stereocenters. The molecule has 0 aliphatic rings. The Labute approximate surface area is 123 Å². The van der Waals surface area contributed by atoms with E-state index in [0.29, 0.717) is 19.0 Å². The van der Waals surface area contributed by atoms with Crippen LogP contribution in [-0.4, -0.2) is 28.1 Å². The molecule has 20 heavy (non-hydrogen) atoms. The van der Waals surface area contributed by atoms with Crippen molar-refractivity contribution in [2.75, 3.05) is 18.5 Å². The lowest BCUT2D eigenvalue weighted by atomic mass is 10.5. The number of pyridine rings is 1. The molecule has 1 N–H and O–H groups in total. The van der Waals surface area contributed by atoms with E-state index in [0.717, 1.165) is 22.4 Å². The molecule has 0 aromatic carbocycles. The summed E-state index contributed by atoms with van der Waals surface area (Å²) >= 11 is 1.52. The van der Waals surface area contributed by atoms with Gasteiger partial charge in [0.25, 0.3) is 0 Å². The van der Waals surface area contributed by atoms with Gasteiger partial charge >= 0.3 is 0 Å². The van der Waals surface area contributed by atoms with E-state index in [2.05, 4.69) is 20.3 Å². The van der Waals surface area contributed by atoms with Gasteiger partial charge in [0.2, 0.25) is 0 Å². The first-order valence-electron chi connectivity index (χ1n) is 6.60. The second kappa shape index (κ2) is 7.81. The van der Waals surface area contributed by atoms with Gasteiger partial charge in [0.05, 0.1) is 0 Å². The number of nitrogens with one attached hydrogen (secondary N) is 1. The van der Waals surface area contributed by atoms with Gasteiger partial charge < -0.3 is 10.1 Å². The fourth-order valence-corrected chi connectivity index (χ4v) is 2.37. The summed E-state index contributed by atoms with van der Waals surface area (Å²) in [4.78, 5) is 13.2. The SMILES string of the molecule is CCNc1cc(Sc2ccccn2)nc(COCC)n1. The Balaban J connectivity index is 2.19. The third-order valence-corrected chi connectivity index (χ3v) is 3.26. The highest BCUT2D eigenvalue weighted by Crippen LogP contribution is 2.25. The first-order chi connectivity index (χ1) is 9.81. The number of hydrogen-bond donors (Lipinski definition) is 1. The van der Waals surface area contributed by atoms with Crippen LogP contribution >= 0.6 is 11.8 Å². The van der Waals surface area contributed by atoms with Crippen molar-refractivity contribution in [3.63, 3.8) is 0 Å². The maximum atomic E-state index is 5.38. The van der Waals surface area contributed by atoms with Gasteiger partial charge in [0.1, 0.15) is 22.5 Å². The molecular weight excluding hydrogens is 272 g/mol. The van der Waals surface area contributed by atoms with E-state index in [-0.39, 0.29) is 0 Å². The fraction of sp³-hybridized carbons (Fsp3) is 0.357. The highest BCUT2D eigenvalue weighted by atomic mass is 32.2. The summed E-state index contributed by atoms with van der Waals surface area (Å²) < 4.78 is 5.38. The van der Waals surface area contributed by atoms with E-state index in [1.165, 1.54) is 11.8 Å². The van der Waals surface area contributed by atoms with Crippen molar-refractivity contribution in [2.45, 2.75) is 30.5 Å². The second-order valence-electron chi connectivity index (χ2n) is 3.95. The lowest BCUT2D eigenvalue weighted by Gasteiger charge is -2.08. The molecule has 2 aromatic rings. The highest BCUT2D eigenvalue weighted by molar-refractivity contribution is 7.99. The predicted molar refractivity (Wildman–Crippen MR) is 79.9 cm³/mol. The molecule has 6 heteroatoms. The van der Waals surface area contributed by atoms with Gasteiger partial charge in [0, 0.05) is 25.4 Å². The third-order valence-electron chi connectivity index (χ3n) is 2.39. The molecule has 2 aromatic heterocycles. The predicted octanol–water partition coefficient (Wildman–Crippen LogP) is 2.99. The molecular formula is C14H18N4OS. The smallest absolute Gasteiger partial charge is 0.157 e. The van der Waals surface area contributed by atoms with E-state index in [4.69, 9.17) is 4.74 Å². The van der Waals surface area contributed by atoms with Gasteiger partial charge in [0.15, 0.2) is 5.82 Å². The van der Waals surface area contributed by atoms with Crippen molar-refractivity contribution in [2.24, 2.45) is 0 Å². The number of aromatic nitrogens is 3. The number of hydrogen-bond acceptors (Lipinski definition) is 6. The van der Waals surface area contributed by atoms with Gasteiger partial charge in [-0.3, -0.25) is 0 Å². The minimum Gasteiger partial charge on any atom is -0.374 e. The van der Waals surface area contributed by atoms with Crippen LogP contribution in [0.2, 0.25) is 0 Å². The second-order valence-corrected chi connectivity index (χ2v) is 4.99. The fourth-order valence-electron chi connectivity index (χ4n) is 1.57. The van der Waals surface area contributed by atoms with E-state index < -0.39 is 0 Å². The zero-order chi connectivity index (χ0) is 14.2. The van der Waals surface area contributed by atoms with E-state index in [1.54, 1.807) is 6.20 Å². The molecule has 0 saturated heterocycles. The van der Waals surface area contributed by atoms with Gasteiger partial charge in [-0.15, -0.1) is 0 Å². The van der Waals surface area contributed by atoms with Crippen LogP contribution in [0.4, 0.5) is 5.82 Å². The summed E-state index contributed by atoms with van der Waals surface area (Å²) in [6.45, 7) is 5.88. The van der Waals surface area contributed by atoms with Crippen molar-refractivity contribution in [3.8, 4) is 0 Å². The summed E-state index contributed by atoms with van der Waals surface area (Å²) in [6, 6.07) is 7.75. The van der Waals surface area contributed by atoms with Crippen LogP contribution in [0.1, 0.15) is 19.7 Å². The molecule has 0 aliphatic carbocycles. The Morgan fingerprint density at radius 1 is 1.20 bits per heavy atom. The summed E-state index contributed by atoms with van der Waals surface area (Å²) in [5.41, 5.74) is 0. The molecule has 0 bridgehead atoms. The van der Waals surface area contributed by atoms with Gasteiger partial charge in [-0.2, -0.15) is 0 Å². The van der Waals surface area contributed by atoms with Crippen LogP contribution in [0, 0.1) is 0 Å². The molecule has 0 radical (unpaired) electrons. The van der Waals surface area contributed by atoms with Crippen LogP contribution in [0.3, 0.4) is 0 Å². The molecule has 2 rings (SSSR count). The summed E-state index contributed by atoms with van der Waals surface area (Å²) in [5, 5.41) is 4.99. The Bertz CT molecular complexity index is 536. The van der Waals surface area contributed by atoms with E-state index in [9.17, 15) is 0 Å². The highest BCUT2D eigenvalue weighted by Gasteiger charge is 2.06. The number of nitrogens with zero attached hydrogens (tertiary/aromatic N) is 3. The maximum absolute atomic E-state index is 5.38. The standard InChI is InChI=1S/C14H18N4OS/c1-3-15-11-9-14(18-12(17-11)10-19-4-2)20-13-7-5-6-8-16-13/h5-9H,3-4,10H2,1-2H3,(H,15,17,18). The van der Waals surface area contributed by atoms with Crippen LogP contribution in [0.5, 0.6) is 0 Å². The average Bonchev–Trinajstić information content (AvgIpc) is 2.46. The third kappa shape index (κ3) is 4.47. The number of ether oxygens (including phenoxy) is 1. The van der Waals surface area contributed by atoms with Crippen molar-refractivity contribution in [1.82, 2.24) is 15.0 Å². The van der Waals surface area contributed by atoms with Gasteiger partial charge in [-0.05, 0) is 37.7 Å². The quantitative estimate of drug-likeness (QED) is 0.791. The van der Waals surface area contributed by atoms with Crippen molar-refractivity contribution >= 4 is 17.6 Å². The minimum atomic E-state index is 0.422. The summed E-state index contributed by atoms with van der Waals surface area (Å²) in [6.07, 6.45) is 1.77. The Kier molecular flexibility index (Phi) is 5.76. The Hall–Kier alpha value is -1.66. The summed E-state index contributed by atoms with van der Waals surface area (Å²) in [7, 11) is 0. The molecule has 0 saturated carbocycles. The molecule has 106 valence electrons. The van der Waals surface area contributed by atoms with Crippen LogP contribution in [0.25, 0.3) is 0 Å². The first kappa shape index (κ1) is 14.7. The molecule has 0 unspecified atom stereocenters. The van der Waals surface area contributed by atoms with Crippen LogP contribution in [-0.2, 0) is 11.3 Å². The molecule has 0 amide bonds. The Morgan fingerprint density at radius 3 is 2.80 bits per heavy atom. The number of rotatable bonds is 7. The van der Waals surface area contributed by atoms with Crippen molar-refractivity contribution < 1.29 is 4.74 Å². The Morgan fingerprint density at radius 2 is 2.10 bits per heavy atom. The van der Waals surface area contributed by atoms with E-state index >= 15 is 0 Å². The number of anilines is 1.